The molecule has 0 spiro atoms. The van der Waals surface area contributed by atoms with Gasteiger partial charge in [-0.1, -0.05) is 18.2 Å². The minimum Gasteiger partial charge on any atom is -0.457 e. The van der Waals surface area contributed by atoms with Crippen LogP contribution in [0.2, 0.25) is 0 Å². The number of furan rings is 1. The molecule has 0 bridgehead atoms. The van der Waals surface area contributed by atoms with Crippen LogP contribution >= 0.6 is 22.6 Å². The summed E-state index contributed by atoms with van der Waals surface area (Å²) in [4.78, 5) is 34.3. The van der Waals surface area contributed by atoms with E-state index in [0.29, 0.717) is 11.5 Å². The first-order valence-corrected chi connectivity index (χ1v) is 7.35. The van der Waals surface area contributed by atoms with Gasteiger partial charge >= 0.3 is 6.03 Å². The molecule has 0 aliphatic carbocycles. The summed E-state index contributed by atoms with van der Waals surface area (Å²) in [6.07, 6.45) is 1.30. The molecule has 22 heavy (non-hydrogen) atoms. The number of hydrogen-bond donors (Lipinski definition) is 2. The standard InChI is InChI=1S/C15H9IN2O4/c16-11-4-2-1-3-9(11)12-6-5-8(22-12)7-10-13(19)17-15(21)18-14(10)20/h1-7H,(H2,17,18,19,20,21). The number of hydrogen-bond acceptors (Lipinski definition) is 4. The number of carbonyl (C=O) groups is 3. The highest BCUT2D eigenvalue weighted by molar-refractivity contribution is 14.1. The van der Waals surface area contributed by atoms with E-state index < -0.39 is 17.8 Å². The second-order valence-electron chi connectivity index (χ2n) is 4.48. The van der Waals surface area contributed by atoms with Crippen LogP contribution in [0, 0.1) is 3.57 Å². The molecule has 2 N–H and O–H groups in total. The van der Waals surface area contributed by atoms with E-state index in [1.165, 1.54) is 6.08 Å². The summed E-state index contributed by atoms with van der Waals surface area (Å²) >= 11 is 2.20. The Morgan fingerprint density at radius 1 is 0.955 bits per heavy atom. The highest BCUT2D eigenvalue weighted by atomic mass is 127. The summed E-state index contributed by atoms with van der Waals surface area (Å²) in [5.74, 6) is -0.518. The average Bonchev–Trinajstić information content (AvgIpc) is 2.92. The fourth-order valence-corrected chi connectivity index (χ4v) is 2.64. The third kappa shape index (κ3) is 2.80. The molecule has 2 aromatic rings. The molecule has 1 aliphatic rings. The van der Waals surface area contributed by atoms with Crippen LogP contribution in [-0.2, 0) is 9.59 Å². The summed E-state index contributed by atoms with van der Waals surface area (Å²) in [5, 5.41) is 4.01. The molecule has 1 aromatic heterocycles. The normalized spacial score (nSPS) is 14.6. The van der Waals surface area contributed by atoms with Crippen molar-refractivity contribution in [1.82, 2.24) is 10.6 Å². The van der Waals surface area contributed by atoms with E-state index in [9.17, 15) is 14.4 Å². The Kier molecular flexibility index (Phi) is 3.80. The number of imide groups is 2. The Balaban J connectivity index is 1.93. The highest BCUT2D eigenvalue weighted by Crippen LogP contribution is 2.27. The molecule has 4 amide bonds. The smallest absolute Gasteiger partial charge is 0.328 e. The lowest BCUT2D eigenvalue weighted by molar-refractivity contribution is -0.123. The largest absolute Gasteiger partial charge is 0.457 e. The SMILES string of the molecule is O=C1NC(=O)C(=Cc2ccc(-c3ccccc3I)o2)C(=O)N1. The monoisotopic (exact) mass is 408 g/mol. The van der Waals surface area contributed by atoms with Gasteiger partial charge in [-0.25, -0.2) is 4.79 Å². The average molecular weight is 408 g/mol. The summed E-state index contributed by atoms with van der Waals surface area (Å²) in [6.45, 7) is 0. The number of barbiturate groups is 1. The second kappa shape index (κ2) is 5.76. The number of urea groups is 1. The summed E-state index contributed by atoms with van der Waals surface area (Å²) in [5.41, 5.74) is 0.740. The van der Waals surface area contributed by atoms with Gasteiger partial charge in [0.15, 0.2) is 0 Å². The summed E-state index contributed by atoms with van der Waals surface area (Å²) in [7, 11) is 0. The van der Waals surface area contributed by atoms with Crippen molar-refractivity contribution in [1.29, 1.82) is 0 Å². The number of nitrogens with one attached hydrogen (secondary N) is 2. The van der Waals surface area contributed by atoms with Crippen molar-refractivity contribution in [2.45, 2.75) is 0 Å². The van der Waals surface area contributed by atoms with Gasteiger partial charge in [0.2, 0.25) is 0 Å². The van der Waals surface area contributed by atoms with Gasteiger partial charge in [0.1, 0.15) is 17.1 Å². The predicted molar refractivity (Wildman–Crippen MR) is 86.5 cm³/mol. The van der Waals surface area contributed by atoms with E-state index >= 15 is 0 Å². The van der Waals surface area contributed by atoms with Crippen LogP contribution in [0.25, 0.3) is 17.4 Å². The van der Waals surface area contributed by atoms with Crippen LogP contribution in [-0.4, -0.2) is 17.8 Å². The minimum absolute atomic E-state index is 0.178. The lowest BCUT2D eigenvalue weighted by Gasteiger charge is -2.13. The first-order valence-electron chi connectivity index (χ1n) is 6.27. The highest BCUT2D eigenvalue weighted by Gasteiger charge is 2.28. The first kappa shape index (κ1) is 14.5. The molecule has 1 saturated heterocycles. The maximum absolute atomic E-state index is 11.6. The van der Waals surface area contributed by atoms with Gasteiger partial charge in [-0.3, -0.25) is 20.2 Å². The zero-order valence-corrected chi connectivity index (χ0v) is 13.2. The van der Waals surface area contributed by atoms with Crippen LogP contribution in [0.1, 0.15) is 5.76 Å². The molecule has 6 nitrogen and oxygen atoms in total. The van der Waals surface area contributed by atoms with Gasteiger partial charge in [-0.2, -0.15) is 0 Å². The van der Waals surface area contributed by atoms with Crippen molar-refractivity contribution in [2.24, 2.45) is 0 Å². The number of benzene rings is 1. The Morgan fingerprint density at radius 2 is 1.64 bits per heavy atom. The van der Waals surface area contributed by atoms with E-state index in [0.717, 1.165) is 9.13 Å². The van der Waals surface area contributed by atoms with E-state index in [1.807, 2.05) is 34.9 Å². The minimum atomic E-state index is -0.828. The van der Waals surface area contributed by atoms with Gasteiger partial charge in [0, 0.05) is 9.13 Å². The van der Waals surface area contributed by atoms with Crippen LogP contribution in [0.4, 0.5) is 4.79 Å². The Labute approximate surface area is 138 Å². The van der Waals surface area contributed by atoms with Crippen molar-refractivity contribution in [3.8, 4) is 11.3 Å². The van der Waals surface area contributed by atoms with Crippen LogP contribution in [0.5, 0.6) is 0 Å². The maximum atomic E-state index is 11.6. The van der Waals surface area contributed by atoms with Crippen molar-refractivity contribution in [3.05, 3.63) is 51.3 Å². The van der Waals surface area contributed by atoms with Gasteiger partial charge in [0.25, 0.3) is 11.8 Å². The Morgan fingerprint density at radius 3 is 2.32 bits per heavy atom. The summed E-state index contributed by atoms with van der Waals surface area (Å²) < 4.78 is 6.67. The first-order chi connectivity index (χ1) is 10.5. The molecular weight excluding hydrogens is 399 g/mol. The van der Waals surface area contributed by atoms with Gasteiger partial charge in [-0.05, 0) is 46.9 Å². The second-order valence-corrected chi connectivity index (χ2v) is 5.64. The van der Waals surface area contributed by atoms with E-state index in [4.69, 9.17) is 4.42 Å². The lowest BCUT2D eigenvalue weighted by atomic mass is 10.1. The van der Waals surface area contributed by atoms with Crippen molar-refractivity contribution in [2.75, 3.05) is 0 Å². The fourth-order valence-electron chi connectivity index (χ4n) is 1.98. The molecule has 7 heteroatoms. The maximum Gasteiger partial charge on any atom is 0.328 e. The number of amides is 4. The van der Waals surface area contributed by atoms with Crippen molar-refractivity contribution >= 4 is 46.5 Å². The predicted octanol–water partition coefficient (Wildman–Crippen LogP) is 2.30. The molecule has 1 aliphatic heterocycles. The zero-order chi connectivity index (χ0) is 15.7. The van der Waals surface area contributed by atoms with Crippen molar-refractivity contribution < 1.29 is 18.8 Å². The van der Waals surface area contributed by atoms with Crippen LogP contribution in [0.3, 0.4) is 0 Å². The molecule has 0 atom stereocenters. The van der Waals surface area contributed by atoms with Crippen LogP contribution in [0.15, 0.2) is 46.4 Å². The van der Waals surface area contributed by atoms with Crippen molar-refractivity contribution in [3.63, 3.8) is 0 Å². The number of halogens is 1. The molecule has 1 aromatic carbocycles. The van der Waals surface area contributed by atoms with Gasteiger partial charge in [0.05, 0.1) is 0 Å². The number of rotatable bonds is 2. The molecule has 1 fully saturated rings. The third-order valence-electron chi connectivity index (χ3n) is 3.00. The topological polar surface area (TPSA) is 88.4 Å². The zero-order valence-electron chi connectivity index (χ0n) is 11.1. The molecular formula is C15H9IN2O4. The Hall–Kier alpha value is -2.42. The van der Waals surface area contributed by atoms with E-state index in [1.54, 1.807) is 12.1 Å². The van der Waals surface area contributed by atoms with Gasteiger partial charge in [-0.15, -0.1) is 0 Å². The molecule has 3 rings (SSSR count). The quantitative estimate of drug-likeness (QED) is 0.454. The van der Waals surface area contributed by atoms with Crippen LogP contribution < -0.4 is 10.6 Å². The van der Waals surface area contributed by atoms with E-state index in [-0.39, 0.29) is 5.57 Å². The molecule has 0 radical (unpaired) electrons. The molecule has 0 unspecified atom stereocenters. The Bertz CT molecular complexity index is 800. The molecule has 2 heterocycles. The molecule has 0 saturated carbocycles. The van der Waals surface area contributed by atoms with Gasteiger partial charge < -0.3 is 4.42 Å². The summed E-state index contributed by atoms with van der Waals surface area (Å²) in [6, 6.07) is 10.3. The lowest BCUT2D eigenvalue weighted by Crippen LogP contribution is -2.51. The number of carbonyl (C=O) groups excluding carboxylic acids is 3. The fraction of sp³-hybridized carbons (Fsp3) is 0. The van der Waals surface area contributed by atoms with E-state index in [2.05, 4.69) is 22.6 Å². The molecule has 110 valence electrons. The third-order valence-corrected chi connectivity index (χ3v) is 3.94.